The molecule has 1 amide bonds. The van der Waals surface area contributed by atoms with E-state index in [2.05, 4.69) is 22.0 Å². The summed E-state index contributed by atoms with van der Waals surface area (Å²) in [4.78, 5) is 22.2. The molecule has 1 fully saturated rings. The quantitative estimate of drug-likeness (QED) is 0.331. The Kier molecular flexibility index (Phi) is 9.58. The molecule has 0 radical (unpaired) electrons. The van der Waals surface area contributed by atoms with Crippen molar-refractivity contribution >= 4 is 39.1 Å². The number of pyridine rings is 1. The van der Waals surface area contributed by atoms with Gasteiger partial charge in [-0.3, -0.25) is 9.78 Å². The van der Waals surface area contributed by atoms with Crippen LogP contribution in [0.2, 0.25) is 10.0 Å². The number of nitrogens with zero attached hydrogens (tertiary/aromatic N) is 4. The van der Waals surface area contributed by atoms with Gasteiger partial charge in [0, 0.05) is 51.7 Å². The Labute approximate surface area is 247 Å². The number of halogens is 2. The van der Waals surface area contributed by atoms with E-state index < -0.39 is 15.4 Å². The Morgan fingerprint density at radius 1 is 1.02 bits per heavy atom. The molecule has 4 rings (SSSR count). The summed E-state index contributed by atoms with van der Waals surface area (Å²) in [6.45, 7) is 6.63. The highest BCUT2D eigenvalue weighted by molar-refractivity contribution is 7.88. The molecule has 0 saturated carbocycles. The lowest BCUT2D eigenvalue weighted by molar-refractivity contribution is -0.136. The zero-order valence-electron chi connectivity index (χ0n) is 23.3. The molecule has 7 nitrogen and oxygen atoms in total. The fourth-order valence-electron chi connectivity index (χ4n) is 5.42. The normalized spacial score (nSPS) is 18.3. The van der Waals surface area contributed by atoms with Crippen LogP contribution in [-0.2, 0) is 26.8 Å². The molecule has 214 valence electrons. The molecule has 1 aromatic heterocycles. The maximum absolute atomic E-state index is 14.1. The molecule has 40 heavy (non-hydrogen) atoms. The average molecular weight is 604 g/mol. The number of hydrogen-bond donors (Lipinski definition) is 0. The Morgan fingerprint density at radius 3 is 2.27 bits per heavy atom. The van der Waals surface area contributed by atoms with E-state index in [4.69, 9.17) is 23.2 Å². The van der Waals surface area contributed by atoms with Gasteiger partial charge in [0.1, 0.15) is 0 Å². The average Bonchev–Trinajstić information content (AvgIpc) is 2.93. The number of rotatable bonds is 9. The van der Waals surface area contributed by atoms with Gasteiger partial charge in [-0.15, -0.1) is 0 Å². The standard InChI is InChI=1S/C30H36Cl2N4O3S/c1-22-20-35(17-18-36(22)40(4,38)39)16-13-30(2,26-9-10-27(31)28(32)19-26)29(37)34(3)21-23-5-7-24(8-6-23)25-11-14-33-15-12-25/h5-12,14-15,19,22H,13,16-18,20-21H2,1-4H3. The topological polar surface area (TPSA) is 73.8 Å². The van der Waals surface area contributed by atoms with Crippen molar-refractivity contribution in [2.45, 2.75) is 38.3 Å². The Balaban J connectivity index is 1.51. The SMILES string of the molecule is CC1CN(CCC(C)(C(=O)N(C)Cc2ccc(-c3ccncc3)cc2)c2ccc(Cl)c(Cl)c2)CCN1S(C)(=O)=O. The van der Waals surface area contributed by atoms with Crippen LogP contribution in [0, 0.1) is 0 Å². The van der Waals surface area contributed by atoms with Crippen LogP contribution in [0.1, 0.15) is 31.4 Å². The van der Waals surface area contributed by atoms with Gasteiger partial charge in [0.2, 0.25) is 15.9 Å². The summed E-state index contributed by atoms with van der Waals surface area (Å²) in [6.07, 6.45) is 5.33. The van der Waals surface area contributed by atoms with Gasteiger partial charge >= 0.3 is 0 Å². The Hall–Kier alpha value is -2.49. The Bertz CT molecular complexity index is 1440. The van der Waals surface area contributed by atoms with E-state index in [1.807, 2.05) is 51.2 Å². The van der Waals surface area contributed by atoms with E-state index in [0.29, 0.717) is 49.2 Å². The van der Waals surface area contributed by atoms with Gasteiger partial charge in [0.15, 0.2) is 0 Å². The van der Waals surface area contributed by atoms with Crippen molar-refractivity contribution in [3.8, 4) is 11.1 Å². The van der Waals surface area contributed by atoms with E-state index in [-0.39, 0.29) is 11.9 Å². The van der Waals surface area contributed by atoms with Gasteiger partial charge in [-0.1, -0.05) is 53.5 Å². The molecule has 2 heterocycles. The van der Waals surface area contributed by atoms with Gasteiger partial charge in [-0.25, -0.2) is 8.42 Å². The van der Waals surface area contributed by atoms with Crippen molar-refractivity contribution in [1.29, 1.82) is 0 Å². The molecule has 3 aromatic rings. The summed E-state index contributed by atoms with van der Waals surface area (Å²) in [5.41, 5.74) is 3.14. The molecule has 1 aliphatic heterocycles. The minimum absolute atomic E-state index is 0.0214. The Morgan fingerprint density at radius 2 is 1.68 bits per heavy atom. The van der Waals surface area contributed by atoms with Crippen LogP contribution >= 0.6 is 23.2 Å². The highest BCUT2D eigenvalue weighted by Gasteiger charge is 2.39. The van der Waals surface area contributed by atoms with Crippen LogP contribution in [0.4, 0.5) is 0 Å². The van der Waals surface area contributed by atoms with Crippen LogP contribution in [0.5, 0.6) is 0 Å². The third-order valence-electron chi connectivity index (χ3n) is 7.77. The van der Waals surface area contributed by atoms with Crippen LogP contribution in [0.3, 0.4) is 0 Å². The number of aromatic nitrogens is 1. The second-order valence-electron chi connectivity index (χ2n) is 10.8. The minimum atomic E-state index is -3.25. The van der Waals surface area contributed by atoms with Gasteiger partial charge in [0.05, 0.1) is 21.7 Å². The molecular formula is C30H36Cl2N4O3S. The molecule has 0 spiro atoms. The first-order valence-corrected chi connectivity index (χ1v) is 15.9. The third kappa shape index (κ3) is 7.04. The fraction of sp³-hybridized carbons (Fsp3) is 0.400. The predicted molar refractivity (Wildman–Crippen MR) is 162 cm³/mol. The third-order valence-corrected chi connectivity index (χ3v) is 9.90. The predicted octanol–water partition coefficient (Wildman–Crippen LogP) is 5.33. The number of carbonyl (C=O) groups is 1. The first-order chi connectivity index (χ1) is 18.9. The second kappa shape index (κ2) is 12.6. The largest absolute Gasteiger partial charge is 0.341 e. The number of carbonyl (C=O) groups excluding carboxylic acids is 1. The molecule has 0 aliphatic carbocycles. The van der Waals surface area contributed by atoms with Gasteiger partial charge in [-0.05, 0) is 73.3 Å². The van der Waals surface area contributed by atoms with Gasteiger partial charge in [-0.2, -0.15) is 4.31 Å². The highest BCUT2D eigenvalue weighted by atomic mass is 35.5. The van der Waals surface area contributed by atoms with Crippen molar-refractivity contribution in [2.75, 3.05) is 39.5 Å². The highest BCUT2D eigenvalue weighted by Crippen LogP contribution is 2.35. The van der Waals surface area contributed by atoms with E-state index >= 15 is 0 Å². The summed E-state index contributed by atoms with van der Waals surface area (Å²) >= 11 is 12.6. The fourth-order valence-corrected chi connectivity index (χ4v) is 6.85. The zero-order chi connectivity index (χ0) is 29.1. The van der Waals surface area contributed by atoms with Crippen LogP contribution < -0.4 is 0 Å². The van der Waals surface area contributed by atoms with Crippen LogP contribution in [-0.4, -0.2) is 78.9 Å². The van der Waals surface area contributed by atoms with Crippen LogP contribution in [0.15, 0.2) is 67.0 Å². The molecular weight excluding hydrogens is 567 g/mol. The lowest BCUT2D eigenvalue weighted by atomic mass is 9.77. The second-order valence-corrected chi connectivity index (χ2v) is 13.6. The number of likely N-dealkylation sites (N-methyl/N-ethyl adjacent to an activating group) is 1. The number of piperazine rings is 1. The summed E-state index contributed by atoms with van der Waals surface area (Å²) in [5.74, 6) is -0.0214. The number of hydrogen-bond acceptors (Lipinski definition) is 5. The molecule has 2 aromatic carbocycles. The van der Waals surface area contributed by atoms with Crippen molar-refractivity contribution in [3.05, 3.63) is 88.2 Å². The molecule has 0 bridgehead atoms. The maximum atomic E-state index is 14.1. The van der Waals surface area contributed by atoms with Crippen molar-refractivity contribution in [1.82, 2.24) is 19.1 Å². The minimum Gasteiger partial charge on any atom is -0.341 e. The van der Waals surface area contributed by atoms with E-state index in [0.717, 1.165) is 22.3 Å². The number of sulfonamides is 1. The van der Waals surface area contributed by atoms with Gasteiger partial charge in [0.25, 0.3) is 0 Å². The van der Waals surface area contributed by atoms with Crippen molar-refractivity contribution in [3.63, 3.8) is 0 Å². The van der Waals surface area contributed by atoms with Crippen LogP contribution in [0.25, 0.3) is 11.1 Å². The van der Waals surface area contributed by atoms with E-state index in [1.165, 1.54) is 6.26 Å². The first kappa shape index (κ1) is 30.5. The molecule has 0 N–H and O–H groups in total. The van der Waals surface area contributed by atoms with Gasteiger partial charge < -0.3 is 9.80 Å². The monoisotopic (exact) mass is 602 g/mol. The molecule has 2 atom stereocenters. The lowest BCUT2D eigenvalue weighted by Crippen LogP contribution is -2.54. The molecule has 10 heteroatoms. The summed E-state index contributed by atoms with van der Waals surface area (Å²) in [5, 5.41) is 0.844. The number of benzene rings is 2. The van der Waals surface area contributed by atoms with Crippen molar-refractivity contribution in [2.24, 2.45) is 0 Å². The van der Waals surface area contributed by atoms with E-state index in [9.17, 15) is 13.2 Å². The lowest BCUT2D eigenvalue weighted by Gasteiger charge is -2.40. The molecule has 2 unspecified atom stereocenters. The zero-order valence-corrected chi connectivity index (χ0v) is 25.7. The van der Waals surface area contributed by atoms with E-state index in [1.54, 1.807) is 33.7 Å². The summed E-state index contributed by atoms with van der Waals surface area (Å²) in [7, 11) is -1.43. The summed E-state index contributed by atoms with van der Waals surface area (Å²) < 4.78 is 25.7. The smallest absolute Gasteiger partial charge is 0.233 e. The van der Waals surface area contributed by atoms with Crippen molar-refractivity contribution < 1.29 is 13.2 Å². The summed E-state index contributed by atoms with van der Waals surface area (Å²) in [6, 6.07) is 17.4. The maximum Gasteiger partial charge on any atom is 0.233 e. The molecule has 1 aliphatic rings. The number of amides is 1. The molecule has 1 saturated heterocycles. The first-order valence-electron chi connectivity index (χ1n) is 13.3.